The van der Waals surface area contributed by atoms with Crippen molar-refractivity contribution in [2.75, 3.05) is 18.4 Å². The summed E-state index contributed by atoms with van der Waals surface area (Å²) in [6.07, 6.45) is 0. The normalized spacial score (nSPS) is 9.80. The molecule has 0 spiro atoms. The Bertz CT molecular complexity index is 335. The number of likely N-dealkylation sites (N-methyl/N-ethyl adjacent to an activating group) is 1. The molecule has 0 heterocycles. The second-order valence-electron chi connectivity index (χ2n) is 2.97. The van der Waals surface area contributed by atoms with E-state index in [4.69, 9.17) is 23.2 Å². The van der Waals surface area contributed by atoms with Gasteiger partial charge in [0.15, 0.2) is 0 Å². The predicted molar refractivity (Wildman–Crippen MR) is 63.6 cm³/mol. The summed E-state index contributed by atoms with van der Waals surface area (Å²) in [7, 11) is 0. The average Bonchev–Trinajstić information content (AvgIpc) is 2.14. The largest absolute Gasteiger partial charge is 0.376 e. The molecule has 0 aliphatic rings. The first-order chi connectivity index (χ1) is 7.11. The van der Waals surface area contributed by atoms with Crippen LogP contribution in [0.15, 0.2) is 18.2 Å². The Morgan fingerprint density at radius 3 is 2.40 bits per heavy atom. The van der Waals surface area contributed by atoms with Gasteiger partial charge in [-0.15, -0.1) is 0 Å². The highest BCUT2D eigenvalue weighted by Crippen LogP contribution is 2.22. The quantitative estimate of drug-likeness (QED) is 0.858. The fourth-order valence-electron chi connectivity index (χ4n) is 1.10. The molecule has 15 heavy (non-hydrogen) atoms. The van der Waals surface area contributed by atoms with Crippen LogP contribution in [0, 0.1) is 0 Å². The maximum Gasteiger partial charge on any atom is 0.239 e. The molecule has 0 saturated heterocycles. The van der Waals surface area contributed by atoms with E-state index in [2.05, 4.69) is 10.6 Å². The standard InChI is InChI=1S/C10H12Cl2N2O/c1-2-13-10(15)6-14-9-4-7(11)3-8(12)5-9/h3-5,14H,2,6H2,1H3,(H,13,15). The molecule has 0 aliphatic carbocycles. The Kier molecular flexibility index (Phi) is 4.72. The molecule has 0 unspecified atom stereocenters. The first-order valence-electron chi connectivity index (χ1n) is 4.58. The van der Waals surface area contributed by atoms with Gasteiger partial charge in [0.05, 0.1) is 6.54 Å². The number of hydrogen-bond donors (Lipinski definition) is 2. The summed E-state index contributed by atoms with van der Waals surface area (Å²) < 4.78 is 0. The summed E-state index contributed by atoms with van der Waals surface area (Å²) in [4.78, 5) is 11.1. The molecule has 0 fully saturated rings. The van der Waals surface area contributed by atoms with Crippen molar-refractivity contribution in [1.82, 2.24) is 5.32 Å². The molecule has 82 valence electrons. The third kappa shape index (κ3) is 4.40. The zero-order valence-corrected chi connectivity index (χ0v) is 9.82. The van der Waals surface area contributed by atoms with E-state index in [1.165, 1.54) is 0 Å². The van der Waals surface area contributed by atoms with Gasteiger partial charge in [0.1, 0.15) is 0 Å². The van der Waals surface area contributed by atoms with Crippen LogP contribution in [0.25, 0.3) is 0 Å². The van der Waals surface area contributed by atoms with E-state index < -0.39 is 0 Å². The summed E-state index contributed by atoms with van der Waals surface area (Å²) in [5, 5.41) is 6.69. The molecular formula is C10H12Cl2N2O. The van der Waals surface area contributed by atoms with Crippen molar-refractivity contribution in [3.63, 3.8) is 0 Å². The van der Waals surface area contributed by atoms with Crippen LogP contribution < -0.4 is 10.6 Å². The van der Waals surface area contributed by atoms with E-state index >= 15 is 0 Å². The minimum atomic E-state index is -0.0615. The second kappa shape index (κ2) is 5.83. The van der Waals surface area contributed by atoms with E-state index in [0.717, 1.165) is 5.69 Å². The molecule has 0 aliphatic heterocycles. The van der Waals surface area contributed by atoms with Crippen molar-refractivity contribution in [2.45, 2.75) is 6.92 Å². The summed E-state index contributed by atoms with van der Waals surface area (Å²) >= 11 is 11.6. The minimum absolute atomic E-state index is 0.0615. The van der Waals surface area contributed by atoms with E-state index in [1.54, 1.807) is 18.2 Å². The lowest BCUT2D eigenvalue weighted by Gasteiger charge is -2.07. The molecule has 1 aromatic rings. The number of carbonyl (C=O) groups excluding carboxylic acids is 1. The van der Waals surface area contributed by atoms with Crippen LogP contribution in [0.1, 0.15) is 6.92 Å². The highest BCUT2D eigenvalue weighted by Gasteiger charge is 2.01. The molecule has 0 radical (unpaired) electrons. The minimum Gasteiger partial charge on any atom is -0.376 e. The van der Waals surface area contributed by atoms with Crippen LogP contribution in [0.2, 0.25) is 10.0 Å². The summed E-state index contributed by atoms with van der Waals surface area (Å²) in [6, 6.07) is 5.07. The number of nitrogens with one attached hydrogen (secondary N) is 2. The van der Waals surface area contributed by atoms with Crippen molar-refractivity contribution < 1.29 is 4.79 Å². The number of carbonyl (C=O) groups is 1. The van der Waals surface area contributed by atoms with Crippen LogP contribution in [0.3, 0.4) is 0 Å². The maximum absolute atomic E-state index is 11.1. The van der Waals surface area contributed by atoms with Gasteiger partial charge in [0.25, 0.3) is 0 Å². The number of anilines is 1. The zero-order chi connectivity index (χ0) is 11.3. The Morgan fingerprint density at radius 1 is 1.27 bits per heavy atom. The van der Waals surface area contributed by atoms with Crippen LogP contribution in [0.4, 0.5) is 5.69 Å². The first-order valence-corrected chi connectivity index (χ1v) is 5.34. The first kappa shape index (κ1) is 12.1. The average molecular weight is 247 g/mol. The Labute approximate surface area is 98.8 Å². The molecular weight excluding hydrogens is 235 g/mol. The third-order valence-electron chi connectivity index (χ3n) is 1.69. The lowest BCUT2D eigenvalue weighted by Crippen LogP contribution is -2.29. The molecule has 3 nitrogen and oxygen atoms in total. The Hall–Kier alpha value is -0.930. The highest BCUT2D eigenvalue weighted by molar-refractivity contribution is 6.35. The van der Waals surface area contributed by atoms with Crippen LogP contribution in [-0.4, -0.2) is 19.0 Å². The van der Waals surface area contributed by atoms with E-state index in [0.29, 0.717) is 16.6 Å². The lowest BCUT2D eigenvalue weighted by molar-refractivity contribution is -0.119. The molecule has 0 aromatic heterocycles. The van der Waals surface area contributed by atoms with Gasteiger partial charge in [-0.3, -0.25) is 4.79 Å². The van der Waals surface area contributed by atoms with Crippen molar-refractivity contribution in [3.05, 3.63) is 28.2 Å². The number of benzene rings is 1. The van der Waals surface area contributed by atoms with Crippen LogP contribution in [0.5, 0.6) is 0 Å². The number of hydrogen-bond acceptors (Lipinski definition) is 2. The van der Waals surface area contributed by atoms with Crippen LogP contribution >= 0.6 is 23.2 Å². The van der Waals surface area contributed by atoms with Crippen molar-refractivity contribution in [3.8, 4) is 0 Å². The van der Waals surface area contributed by atoms with Gasteiger partial charge >= 0.3 is 0 Å². The molecule has 0 atom stereocenters. The summed E-state index contributed by atoms with van der Waals surface area (Å²) in [5.74, 6) is -0.0615. The summed E-state index contributed by atoms with van der Waals surface area (Å²) in [5.41, 5.74) is 0.735. The fourth-order valence-corrected chi connectivity index (χ4v) is 1.62. The Morgan fingerprint density at radius 2 is 1.87 bits per heavy atom. The van der Waals surface area contributed by atoms with E-state index in [-0.39, 0.29) is 12.5 Å². The van der Waals surface area contributed by atoms with E-state index in [1.807, 2.05) is 6.92 Å². The smallest absolute Gasteiger partial charge is 0.239 e. The van der Waals surface area contributed by atoms with Gasteiger partial charge in [0.2, 0.25) is 5.91 Å². The van der Waals surface area contributed by atoms with Crippen molar-refractivity contribution in [1.29, 1.82) is 0 Å². The molecule has 1 aromatic carbocycles. The number of halogens is 2. The van der Waals surface area contributed by atoms with Crippen molar-refractivity contribution >= 4 is 34.8 Å². The van der Waals surface area contributed by atoms with Crippen LogP contribution in [-0.2, 0) is 4.79 Å². The van der Waals surface area contributed by atoms with E-state index in [9.17, 15) is 4.79 Å². The summed E-state index contributed by atoms with van der Waals surface area (Å²) in [6.45, 7) is 2.70. The van der Waals surface area contributed by atoms with Gasteiger partial charge < -0.3 is 10.6 Å². The SMILES string of the molecule is CCNC(=O)CNc1cc(Cl)cc(Cl)c1. The van der Waals surface area contributed by atoms with Gasteiger partial charge in [-0.2, -0.15) is 0 Å². The topological polar surface area (TPSA) is 41.1 Å². The molecule has 1 rings (SSSR count). The van der Waals surface area contributed by atoms with Gasteiger partial charge in [-0.25, -0.2) is 0 Å². The van der Waals surface area contributed by atoms with Gasteiger partial charge in [-0.1, -0.05) is 23.2 Å². The molecule has 2 N–H and O–H groups in total. The molecule has 1 amide bonds. The Balaban J connectivity index is 2.54. The van der Waals surface area contributed by atoms with Gasteiger partial charge in [-0.05, 0) is 25.1 Å². The highest BCUT2D eigenvalue weighted by atomic mass is 35.5. The van der Waals surface area contributed by atoms with Crippen molar-refractivity contribution in [2.24, 2.45) is 0 Å². The zero-order valence-electron chi connectivity index (χ0n) is 8.31. The predicted octanol–water partition coefficient (Wildman–Crippen LogP) is 2.54. The third-order valence-corrected chi connectivity index (χ3v) is 2.13. The lowest BCUT2D eigenvalue weighted by atomic mass is 10.3. The molecule has 0 bridgehead atoms. The molecule has 0 saturated carbocycles. The van der Waals surface area contributed by atoms with Gasteiger partial charge in [0, 0.05) is 22.3 Å². The fraction of sp³-hybridized carbons (Fsp3) is 0.300. The molecule has 5 heteroatoms. The maximum atomic E-state index is 11.1. The monoisotopic (exact) mass is 246 g/mol. The number of amides is 1. The second-order valence-corrected chi connectivity index (χ2v) is 3.84. The number of rotatable bonds is 4.